The van der Waals surface area contributed by atoms with Crippen LogP contribution < -0.4 is 5.32 Å². The van der Waals surface area contributed by atoms with Gasteiger partial charge in [0.05, 0.1) is 5.56 Å². The van der Waals surface area contributed by atoms with Crippen LogP contribution in [0.5, 0.6) is 0 Å². The summed E-state index contributed by atoms with van der Waals surface area (Å²) in [4.78, 5) is 22.6. The van der Waals surface area contributed by atoms with Gasteiger partial charge in [0.2, 0.25) is 5.95 Å². The van der Waals surface area contributed by atoms with Crippen LogP contribution in [-0.4, -0.2) is 40.4 Å². The van der Waals surface area contributed by atoms with Crippen LogP contribution in [0.2, 0.25) is 0 Å². The average Bonchev–Trinajstić information content (AvgIpc) is 2.44. The first-order chi connectivity index (χ1) is 9.58. The van der Waals surface area contributed by atoms with Crippen molar-refractivity contribution < 1.29 is 4.79 Å². The number of carbonyl (C=O) groups excluding carboxylic acids is 1. The molecule has 1 aromatic heterocycles. The van der Waals surface area contributed by atoms with E-state index in [4.69, 9.17) is 0 Å². The molecule has 0 fully saturated rings. The molecule has 0 bridgehead atoms. The fourth-order valence-corrected chi connectivity index (χ4v) is 1.86. The average molecular weight is 278 g/mol. The summed E-state index contributed by atoms with van der Waals surface area (Å²) >= 11 is 0. The molecule has 0 atom stereocenters. The number of hydrogen-bond acceptors (Lipinski definition) is 4. The lowest BCUT2D eigenvalue weighted by atomic mass is 10.2. The number of rotatable bonds is 8. The van der Waals surface area contributed by atoms with E-state index in [2.05, 4.69) is 43.0 Å². The summed E-state index contributed by atoms with van der Waals surface area (Å²) in [5, 5.41) is 3.14. The maximum atomic E-state index is 12.3. The van der Waals surface area contributed by atoms with Crippen LogP contribution in [0.1, 0.15) is 50.9 Å². The Kier molecular flexibility index (Phi) is 6.98. The Labute approximate surface area is 121 Å². The third-order valence-electron chi connectivity index (χ3n) is 2.84. The highest BCUT2D eigenvalue weighted by Crippen LogP contribution is 2.07. The minimum atomic E-state index is 0.0177. The van der Waals surface area contributed by atoms with Crippen molar-refractivity contribution in [2.45, 2.75) is 40.5 Å². The van der Waals surface area contributed by atoms with Crippen molar-refractivity contribution >= 4 is 11.9 Å². The second-order valence-corrected chi connectivity index (χ2v) is 5.36. The Morgan fingerprint density at radius 1 is 1.20 bits per heavy atom. The molecule has 0 unspecified atom stereocenters. The molecule has 0 saturated carbocycles. The molecule has 5 heteroatoms. The Morgan fingerprint density at radius 2 is 1.75 bits per heavy atom. The number of carbonyl (C=O) groups is 1. The maximum absolute atomic E-state index is 12.3. The van der Waals surface area contributed by atoms with Gasteiger partial charge < -0.3 is 10.2 Å². The normalized spacial score (nSPS) is 10.7. The lowest BCUT2D eigenvalue weighted by molar-refractivity contribution is 0.0754. The van der Waals surface area contributed by atoms with Crippen molar-refractivity contribution in [3.63, 3.8) is 0 Å². The van der Waals surface area contributed by atoms with E-state index in [9.17, 15) is 4.79 Å². The van der Waals surface area contributed by atoms with Gasteiger partial charge in [-0.1, -0.05) is 27.7 Å². The number of amides is 1. The fraction of sp³-hybridized carbons (Fsp3) is 0.667. The summed E-state index contributed by atoms with van der Waals surface area (Å²) in [6.07, 6.45) is 5.13. The van der Waals surface area contributed by atoms with Gasteiger partial charge in [-0.2, -0.15) is 0 Å². The van der Waals surface area contributed by atoms with Crippen molar-refractivity contribution in [3.8, 4) is 0 Å². The molecule has 5 nitrogen and oxygen atoms in total. The highest BCUT2D eigenvalue weighted by Gasteiger charge is 2.15. The second-order valence-electron chi connectivity index (χ2n) is 5.36. The van der Waals surface area contributed by atoms with Gasteiger partial charge in [-0.05, 0) is 18.8 Å². The van der Waals surface area contributed by atoms with Gasteiger partial charge >= 0.3 is 0 Å². The minimum absolute atomic E-state index is 0.0177. The van der Waals surface area contributed by atoms with Gasteiger partial charge in [0.25, 0.3) is 5.91 Å². The van der Waals surface area contributed by atoms with Crippen LogP contribution in [0.15, 0.2) is 12.4 Å². The van der Waals surface area contributed by atoms with Gasteiger partial charge in [-0.3, -0.25) is 4.79 Å². The summed E-state index contributed by atoms with van der Waals surface area (Å²) in [6.45, 7) is 10.8. The van der Waals surface area contributed by atoms with E-state index in [0.29, 0.717) is 17.4 Å². The molecule has 0 saturated heterocycles. The third kappa shape index (κ3) is 5.15. The number of hydrogen-bond donors (Lipinski definition) is 1. The Morgan fingerprint density at radius 3 is 2.20 bits per heavy atom. The SMILES string of the molecule is CCCN(CCC)C(=O)c1cnc(NCC(C)C)nc1. The zero-order chi connectivity index (χ0) is 15.0. The van der Waals surface area contributed by atoms with Gasteiger partial charge in [-0.25, -0.2) is 9.97 Å². The minimum Gasteiger partial charge on any atom is -0.354 e. The van der Waals surface area contributed by atoms with E-state index in [1.807, 2.05) is 4.90 Å². The van der Waals surface area contributed by atoms with Crippen LogP contribution in [0, 0.1) is 5.92 Å². The summed E-state index contributed by atoms with van der Waals surface area (Å²) in [5.74, 6) is 1.13. The van der Waals surface area contributed by atoms with Crippen LogP contribution >= 0.6 is 0 Å². The summed E-state index contributed by atoms with van der Waals surface area (Å²) < 4.78 is 0. The number of anilines is 1. The van der Waals surface area contributed by atoms with E-state index in [-0.39, 0.29) is 5.91 Å². The Hall–Kier alpha value is -1.65. The van der Waals surface area contributed by atoms with Gasteiger partial charge in [0, 0.05) is 32.0 Å². The molecule has 0 spiro atoms. The Bertz CT molecular complexity index is 397. The van der Waals surface area contributed by atoms with Crippen molar-refractivity contribution in [1.82, 2.24) is 14.9 Å². The predicted molar refractivity (Wildman–Crippen MR) is 81.8 cm³/mol. The molecule has 0 aromatic carbocycles. The predicted octanol–water partition coefficient (Wildman–Crippen LogP) is 2.81. The van der Waals surface area contributed by atoms with Crippen molar-refractivity contribution in [3.05, 3.63) is 18.0 Å². The lowest BCUT2D eigenvalue weighted by Crippen LogP contribution is -2.32. The first kappa shape index (κ1) is 16.4. The molecule has 112 valence electrons. The topological polar surface area (TPSA) is 58.1 Å². The number of nitrogens with zero attached hydrogens (tertiary/aromatic N) is 3. The molecule has 0 radical (unpaired) electrons. The van der Waals surface area contributed by atoms with Gasteiger partial charge in [-0.15, -0.1) is 0 Å². The van der Waals surface area contributed by atoms with E-state index in [0.717, 1.165) is 32.5 Å². The van der Waals surface area contributed by atoms with E-state index < -0.39 is 0 Å². The highest BCUT2D eigenvalue weighted by molar-refractivity contribution is 5.93. The monoisotopic (exact) mass is 278 g/mol. The van der Waals surface area contributed by atoms with E-state index in [1.54, 1.807) is 12.4 Å². The zero-order valence-electron chi connectivity index (χ0n) is 13.0. The number of aromatic nitrogens is 2. The molecule has 1 rings (SSSR count). The molecular weight excluding hydrogens is 252 g/mol. The summed E-state index contributed by atoms with van der Waals surface area (Å²) in [7, 11) is 0. The van der Waals surface area contributed by atoms with Gasteiger partial charge in [0.1, 0.15) is 0 Å². The molecule has 1 heterocycles. The summed E-state index contributed by atoms with van der Waals surface area (Å²) in [5.41, 5.74) is 0.557. The van der Waals surface area contributed by atoms with Crippen LogP contribution in [0.3, 0.4) is 0 Å². The third-order valence-corrected chi connectivity index (χ3v) is 2.84. The van der Waals surface area contributed by atoms with Crippen molar-refractivity contribution in [2.75, 3.05) is 25.0 Å². The van der Waals surface area contributed by atoms with Crippen molar-refractivity contribution in [2.24, 2.45) is 5.92 Å². The molecule has 0 aliphatic rings. The van der Waals surface area contributed by atoms with Gasteiger partial charge in [0.15, 0.2) is 0 Å². The van der Waals surface area contributed by atoms with E-state index in [1.165, 1.54) is 0 Å². The zero-order valence-corrected chi connectivity index (χ0v) is 13.0. The molecule has 1 N–H and O–H groups in total. The maximum Gasteiger partial charge on any atom is 0.256 e. The van der Waals surface area contributed by atoms with Crippen LogP contribution in [0.4, 0.5) is 5.95 Å². The number of nitrogens with one attached hydrogen (secondary N) is 1. The molecule has 0 aliphatic heterocycles. The quantitative estimate of drug-likeness (QED) is 0.794. The fourth-order valence-electron chi connectivity index (χ4n) is 1.86. The molecule has 20 heavy (non-hydrogen) atoms. The first-order valence-corrected chi connectivity index (χ1v) is 7.43. The summed E-state index contributed by atoms with van der Waals surface area (Å²) in [6, 6.07) is 0. The largest absolute Gasteiger partial charge is 0.354 e. The molecule has 0 aliphatic carbocycles. The van der Waals surface area contributed by atoms with Crippen LogP contribution in [-0.2, 0) is 0 Å². The molecular formula is C15H26N4O. The highest BCUT2D eigenvalue weighted by atomic mass is 16.2. The second kappa shape index (κ2) is 8.51. The molecule has 1 aromatic rings. The smallest absolute Gasteiger partial charge is 0.256 e. The Balaban J connectivity index is 2.68. The van der Waals surface area contributed by atoms with Crippen molar-refractivity contribution in [1.29, 1.82) is 0 Å². The van der Waals surface area contributed by atoms with Crippen LogP contribution in [0.25, 0.3) is 0 Å². The first-order valence-electron chi connectivity index (χ1n) is 7.43. The molecule has 1 amide bonds. The standard InChI is InChI=1S/C15H26N4O/c1-5-7-19(8-6-2)14(20)13-10-17-15(18-11-13)16-9-12(3)4/h10-12H,5-9H2,1-4H3,(H,16,17,18). The van der Waals surface area contributed by atoms with E-state index >= 15 is 0 Å². The lowest BCUT2D eigenvalue weighted by Gasteiger charge is -2.21.